The van der Waals surface area contributed by atoms with Crippen molar-refractivity contribution >= 4 is 17.1 Å². The Morgan fingerprint density at radius 1 is 1.07 bits per heavy atom. The fourth-order valence-electron chi connectivity index (χ4n) is 7.34. The van der Waals surface area contributed by atoms with Crippen LogP contribution in [0.2, 0.25) is 0 Å². The van der Waals surface area contributed by atoms with Crippen molar-refractivity contribution < 1.29 is 9.53 Å². The molecule has 2 saturated carbocycles. The van der Waals surface area contributed by atoms with Crippen LogP contribution in [0.3, 0.4) is 0 Å². The van der Waals surface area contributed by atoms with E-state index in [4.69, 9.17) is 4.74 Å². The quantitative estimate of drug-likeness (QED) is 0.535. The number of ether oxygens (including phenoxy) is 1. The summed E-state index contributed by atoms with van der Waals surface area (Å²) in [5.74, 6) is 2.76. The minimum Gasteiger partial charge on any atom is -0.462 e. The highest BCUT2D eigenvalue weighted by Crippen LogP contribution is 2.67. The Bertz CT molecular complexity index is 1080. The minimum atomic E-state index is -0.190. The summed E-state index contributed by atoms with van der Waals surface area (Å²) in [6, 6.07) is 13.2. The van der Waals surface area contributed by atoms with Gasteiger partial charge in [-0.3, -0.25) is 0 Å². The Kier molecular flexibility index (Phi) is 4.20. The van der Waals surface area contributed by atoms with E-state index in [1.807, 2.05) is 13.0 Å². The van der Waals surface area contributed by atoms with E-state index in [0.29, 0.717) is 24.0 Å². The summed E-state index contributed by atoms with van der Waals surface area (Å²) in [6.45, 7) is 4.57. The van der Waals surface area contributed by atoms with Crippen LogP contribution in [0.1, 0.15) is 83.1 Å². The van der Waals surface area contributed by atoms with Crippen LogP contribution in [0.25, 0.3) is 11.1 Å². The van der Waals surface area contributed by atoms with Crippen molar-refractivity contribution in [3.63, 3.8) is 0 Å². The number of fused-ring (bicyclic) bond motifs is 8. The van der Waals surface area contributed by atoms with Crippen molar-refractivity contribution in [2.75, 3.05) is 6.61 Å². The predicted molar refractivity (Wildman–Crippen MR) is 120 cm³/mol. The summed E-state index contributed by atoms with van der Waals surface area (Å²) < 4.78 is 5.34. The number of carbonyl (C=O) groups is 1. The molecule has 4 aliphatic rings. The van der Waals surface area contributed by atoms with Crippen LogP contribution < -0.4 is 0 Å². The number of esters is 1. The second-order valence-corrected chi connectivity index (χ2v) is 9.76. The van der Waals surface area contributed by atoms with Crippen molar-refractivity contribution in [3.8, 4) is 0 Å². The Morgan fingerprint density at radius 3 is 2.73 bits per heavy atom. The fourth-order valence-corrected chi connectivity index (χ4v) is 7.34. The molecule has 2 heteroatoms. The van der Waals surface area contributed by atoms with Gasteiger partial charge in [0.15, 0.2) is 0 Å². The number of hydrogen-bond donors (Lipinski definition) is 0. The summed E-state index contributed by atoms with van der Waals surface area (Å²) in [7, 11) is 0. The molecule has 6 rings (SSSR count). The molecular weight excluding hydrogens is 368 g/mol. The molecule has 30 heavy (non-hydrogen) atoms. The number of carbonyl (C=O) groups excluding carboxylic acids is 1. The average Bonchev–Trinajstić information content (AvgIpc) is 3.45. The van der Waals surface area contributed by atoms with Crippen LogP contribution >= 0.6 is 0 Å². The summed E-state index contributed by atoms with van der Waals surface area (Å²) in [5.41, 5.74) is 11.2. The molecule has 4 aliphatic carbocycles. The summed E-state index contributed by atoms with van der Waals surface area (Å²) >= 11 is 0. The Balaban J connectivity index is 1.60. The molecule has 2 unspecified atom stereocenters. The summed E-state index contributed by atoms with van der Waals surface area (Å²) in [6.07, 6.45) is 7.73. The second kappa shape index (κ2) is 6.83. The van der Waals surface area contributed by atoms with Crippen molar-refractivity contribution in [2.24, 2.45) is 17.8 Å². The fraction of sp³-hybridized carbons (Fsp3) is 0.464. The van der Waals surface area contributed by atoms with Crippen LogP contribution in [-0.2, 0) is 11.2 Å². The smallest absolute Gasteiger partial charge is 0.338 e. The number of allylic oxidation sites excluding steroid dienone is 2. The minimum absolute atomic E-state index is 0.190. The van der Waals surface area contributed by atoms with E-state index in [-0.39, 0.29) is 5.97 Å². The third-order valence-corrected chi connectivity index (χ3v) is 8.32. The van der Waals surface area contributed by atoms with E-state index in [2.05, 4.69) is 37.3 Å². The number of rotatable bonds is 2. The van der Waals surface area contributed by atoms with E-state index in [0.717, 1.165) is 18.3 Å². The number of aryl methyl sites for hydroxylation is 2. The van der Waals surface area contributed by atoms with Gasteiger partial charge in [-0.15, -0.1) is 0 Å². The molecule has 0 radical (unpaired) electrons. The maximum absolute atomic E-state index is 12.5. The molecule has 0 spiro atoms. The average molecular weight is 399 g/mol. The zero-order valence-electron chi connectivity index (χ0n) is 18.0. The Labute approximate surface area is 179 Å². The van der Waals surface area contributed by atoms with Crippen molar-refractivity contribution in [1.82, 2.24) is 0 Å². The lowest BCUT2D eigenvalue weighted by Crippen LogP contribution is -2.17. The predicted octanol–water partition coefficient (Wildman–Crippen LogP) is 6.56. The highest BCUT2D eigenvalue weighted by Gasteiger charge is 2.54. The molecule has 0 heterocycles. The molecular formula is C28H30O2. The first-order chi connectivity index (χ1) is 14.7. The molecule has 2 fully saturated rings. The monoisotopic (exact) mass is 398 g/mol. The van der Waals surface area contributed by atoms with Crippen LogP contribution in [0.15, 0.2) is 36.4 Å². The standard InChI is InChI=1S/C28H30O2/c1-3-30-28(29)20-12-13-21-23(15-20)27(26-19-11-10-18(14-19)25(21)26)22-9-5-8-17-7-4-6-16(2)24(17)22/h4,6-7,12-13,15,18-19,25-26H,3,5,8-11,14H2,1-2H3/b27-22-/t18-,19+,25?,26?/m1/s1. The first kappa shape index (κ1) is 18.4. The summed E-state index contributed by atoms with van der Waals surface area (Å²) in [5, 5.41) is 0. The molecule has 154 valence electrons. The van der Waals surface area contributed by atoms with E-state index in [1.54, 1.807) is 11.1 Å². The SMILES string of the molecule is CCOC(=O)c1ccc2c(c1)/C(=C1\CCCc3cccc(C)c31)C1C2[C@@H]2CC[C@H]1C2. The van der Waals surface area contributed by atoms with Crippen LogP contribution in [0.5, 0.6) is 0 Å². The van der Waals surface area contributed by atoms with E-state index in [1.165, 1.54) is 59.9 Å². The van der Waals surface area contributed by atoms with E-state index in [9.17, 15) is 4.79 Å². The number of hydrogen-bond acceptors (Lipinski definition) is 2. The number of benzene rings is 2. The van der Waals surface area contributed by atoms with Gasteiger partial charge in [0.1, 0.15) is 0 Å². The Morgan fingerprint density at radius 2 is 1.90 bits per heavy atom. The van der Waals surface area contributed by atoms with Crippen molar-refractivity contribution in [3.05, 3.63) is 69.8 Å². The Hall–Kier alpha value is -2.35. The van der Waals surface area contributed by atoms with Gasteiger partial charge in [0.2, 0.25) is 0 Å². The third kappa shape index (κ3) is 2.52. The van der Waals surface area contributed by atoms with Gasteiger partial charge in [-0.05, 0) is 127 Å². The normalized spacial score (nSPS) is 30.7. The highest BCUT2D eigenvalue weighted by atomic mass is 16.5. The van der Waals surface area contributed by atoms with Crippen molar-refractivity contribution in [2.45, 2.75) is 58.3 Å². The molecule has 2 aromatic rings. The lowest BCUT2D eigenvalue weighted by Gasteiger charge is -2.30. The molecule has 0 N–H and O–H groups in total. The second-order valence-electron chi connectivity index (χ2n) is 9.76. The maximum Gasteiger partial charge on any atom is 0.338 e. The molecule has 2 aromatic carbocycles. The van der Waals surface area contributed by atoms with Crippen LogP contribution in [0.4, 0.5) is 0 Å². The van der Waals surface area contributed by atoms with Gasteiger partial charge in [0.25, 0.3) is 0 Å². The molecule has 4 atom stereocenters. The molecule has 0 aliphatic heterocycles. The van der Waals surface area contributed by atoms with Gasteiger partial charge in [-0.25, -0.2) is 4.79 Å². The summed E-state index contributed by atoms with van der Waals surface area (Å²) in [4.78, 5) is 12.5. The molecule has 0 amide bonds. The van der Waals surface area contributed by atoms with Gasteiger partial charge >= 0.3 is 5.97 Å². The van der Waals surface area contributed by atoms with Gasteiger partial charge < -0.3 is 4.74 Å². The third-order valence-electron chi connectivity index (χ3n) is 8.32. The topological polar surface area (TPSA) is 26.3 Å². The molecule has 0 saturated heterocycles. The molecule has 0 aromatic heterocycles. The molecule has 2 nitrogen and oxygen atoms in total. The van der Waals surface area contributed by atoms with E-state index < -0.39 is 0 Å². The first-order valence-corrected chi connectivity index (χ1v) is 11.8. The van der Waals surface area contributed by atoms with Gasteiger partial charge in [-0.2, -0.15) is 0 Å². The van der Waals surface area contributed by atoms with Gasteiger partial charge in [0, 0.05) is 0 Å². The lowest BCUT2D eigenvalue weighted by molar-refractivity contribution is 0.0526. The van der Waals surface area contributed by atoms with Crippen LogP contribution in [0, 0.1) is 24.7 Å². The zero-order chi connectivity index (χ0) is 20.4. The van der Waals surface area contributed by atoms with Gasteiger partial charge in [-0.1, -0.05) is 24.3 Å². The largest absolute Gasteiger partial charge is 0.462 e. The zero-order valence-corrected chi connectivity index (χ0v) is 18.0. The van der Waals surface area contributed by atoms with Crippen LogP contribution in [-0.4, -0.2) is 12.6 Å². The lowest BCUT2D eigenvalue weighted by atomic mass is 9.74. The van der Waals surface area contributed by atoms with Crippen molar-refractivity contribution in [1.29, 1.82) is 0 Å². The molecule has 2 bridgehead atoms. The highest BCUT2D eigenvalue weighted by molar-refractivity contribution is 5.99. The van der Waals surface area contributed by atoms with Gasteiger partial charge in [0.05, 0.1) is 12.2 Å². The maximum atomic E-state index is 12.5. The van der Waals surface area contributed by atoms with E-state index >= 15 is 0 Å². The first-order valence-electron chi connectivity index (χ1n) is 11.8.